The Balaban J connectivity index is 1.37. The standard InChI is InChI=1S/C32H36N2O3/c1-6-14-34-15-13-32-24-10-11-25(33(5)28(36)12-9-22-8-7-19(2)20(3)16-22)31(32)37-30-27(35)17-21(4)23(29(30)32)18-26(24)34/h6-8,16-17,24-26,31,35H,1,10-11,13-15,18H2,2-5H3/t24-,25-,26+,31-,32-/m0/s1. The number of benzene rings is 2. The highest BCUT2D eigenvalue weighted by atomic mass is 16.5. The van der Waals surface area contributed by atoms with Crippen LogP contribution in [0, 0.1) is 38.5 Å². The number of carbonyl (C=O) groups is 1. The van der Waals surface area contributed by atoms with Crippen molar-refractivity contribution >= 4 is 5.91 Å². The summed E-state index contributed by atoms with van der Waals surface area (Å²) in [7, 11) is 1.87. The predicted molar refractivity (Wildman–Crippen MR) is 145 cm³/mol. The summed E-state index contributed by atoms with van der Waals surface area (Å²) in [4.78, 5) is 17.7. The van der Waals surface area contributed by atoms with Gasteiger partial charge in [0, 0.05) is 42.1 Å². The molecule has 2 aliphatic heterocycles. The lowest BCUT2D eigenvalue weighted by molar-refractivity contribution is -0.134. The third-order valence-electron chi connectivity index (χ3n) is 9.75. The summed E-state index contributed by atoms with van der Waals surface area (Å²) in [5.41, 5.74) is 6.73. The van der Waals surface area contributed by atoms with E-state index in [9.17, 15) is 9.90 Å². The number of ether oxygens (including phenoxy) is 1. The summed E-state index contributed by atoms with van der Waals surface area (Å²) in [6.07, 6.45) is 5.66. The lowest BCUT2D eigenvalue weighted by atomic mass is 9.50. The summed E-state index contributed by atoms with van der Waals surface area (Å²) in [5, 5.41) is 11.0. The van der Waals surface area contributed by atoms with Gasteiger partial charge in [0.15, 0.2) is 11.5 Å². The molecule has 1 saturated carbocycles. The minimum absolute atomic E-state index is 0.0949. The number of likely N-dealkylation sites (N-methyl/N-ethyl adjacent to an activating group) is 1. The molecular formula is C32H36N2O3. The van der Waals surface area contributed by atoms with Crippen LogP contribution in [0.25, 0.3) is 0 Å². The van der Waals surface area contributed by atoms with Crippen molar-refractivity contribution in [3.8, 4) is 23.3 Å². The van der Waals surface area contributed by atoms with Crippen molar-refractivity contribution < 1.29 is 14.6 Å². The molecule has 5 heteroatoms. The molecule has 1 saturated heterocycles. The van der Waals surface area contributed by atoms with Crippen LogP contribution in [0.1, 0.15) is 52.6 Å². The Labute approximate surface area is 220 Å². The molecule has 37 heavy (non-hydrogen) atoms. The van der Waals surface area contributed by atoms with Crippen LogP contribution in [-0.2, 0) is 16.6 Å². The molecule has 192 valence electrons. The van der Waals surface area contributed by atoms with Gasteiger partial charge in [-0.2, -0.15) is 0 Å². The first kappa shape index (κ1) is 24.1. The van der Waals surface area contributed by atoms with Crippen LogP contribution in [0.3, 0.4) is 0 Å². The molecule has 2 aliphatic carbocycles. The second kappa shape index (κ2) is 8.67. The van der Waals surface area contributed by atoms with Crippen LogP contribution in [-0.4, -0.2) is 59.1 Å². The van der Waals surface area contributed by atoms with Crippen molar-refractivity contribution in [1.29, 1.82) is 0 Å². The third kappa shape index (κ3) is 3.45. The van der Waals surface area contributed by atoms with Gasteiger partial charge in [-0.3, -0.25) is 9.69 Å². The first-order valence-electron chi connectivity index (χ1n) is 13.5. The third-order valence-corrected chi connectivity index (χ3v) is 9.75. The average molecular weight is 497 g/mol. The monoisotopic (exact) mass is 496 g/mol. The molecule has 0 unspecified atom stereocenters. The molecule has 2 heterocycles. The second-order valence-corrected chi connectivity index (χ2v) is 11.5. The Morgan fingerprint density at radius 3 is 2.81 bits per heavy atom. The molecule has 2 aromatic carbocycles. The number of piperidine rings is 1. The summed E-state index contributed by atoms with van der Waals surface area (Å²) in [6, 6.07) is 8.22. The van der Waals surface area contributed by atoms with Crippen molar-refractivity contribution in [2.24, 2.45) is 5.92 Å². The van der Waals surface area contributed by atoms with Gasteiger partial charge in [0.2, 0.25) is 0 Å². The van der Waals surface area contributed by atoms with Gasteiger partial charge in [-0.1, -0.05) is 18.1 Å². The minimum atomic E-state index is -0.187. The van der Waals surface area contributed by atoms with Crippen LogP contribution in [0.4, 0.5) is 0 Å². The second-order valence-electron chi connectivity index (χ2n) is 11.5. The highest BCUT2D eigenvalue weighted by Crippen LogP contribution is 2.64. The van der Waals surface area contributed by atoms with E-state index in [2.05, 4.69) is 44.1 Å². The number of carbonyl (C=O) groups excluding carboxylic acids is 1. The van der Waals surface area contributed by atoms with Crippen LogP contribution in [0.2, 0.25) is 0 Å². The fourth-order valence-corrected chi connectivity index (χ4v) is 7.84. The van der Waals surface area contributed by atoms with Gasteiger partial charge in [0.25, 0.3) is 5.91 Å². The van der Waals surface area contributed by atoms with E-state index in [0.717, 1.165) is 49.9 Å². The number of amides is 1. The molecule has 5 nitrogen and oxygen atoms in total. The zero-order valence-corrected chi connectivity index (χ0v) is 22.3. The number of phenolic OH excluding ortho intramolecular Hbond substituents is 1. The van der Waals surface area contributed by atoms with E-state index in [1.54, 1.807) is 4.90 Å². The Kier molecular flexibility index (Phi) is 5.65. The maximum atomic E-state index is 13.3. The van der Waals surface area contributed by atoms with Crippen molar-refractivity contribution in [1.82, 2.24) is 9.80 Å². The zero-order chi connectivity index (χ0) is 26.1. The normalized spacial score (nSPS) is 29.0. The van der Waals surface area contributed by atoms with Crippen molar-refractivity contribution in [3.63, 3.8) is 0 Å². The van der Waals surface area contributed by atoms with Crippen LogP contribution >= 0.6 is 0 Å². The molecule has 1 amide bonds. The van der Waals surface area contributed by atoms with E-state index in [0.29, 0.717) is 17.7 Å². The average Bonchev–Trinajstić information content (AvgIpc) is 3.22. The van der Waals surface area contributed by atoms with Gasteiger partial charge in [0.1, 0.15) is 6.10 Å². The number of aromatic hydroxyl groups is 1. The number of aryl methyl sites for hydroxylation is 3. The first-order chi connectivity index (χ1) is 17.8. The van der Waals surface area contributed by atoms with Crippen LogP contribution in [0.15, 0.2) is 36.9 Å². The van der Waals surface area contributed by atoms with Gasteiger partial charge in [-0.25, -0.2) is 0 Å². The van der Waals surface area contributed by atoms with E-state index in [1.165, 1.54) is 22.3 Å². The van der Waals surface area contributed by atoms with Crippen molar-refractivity contribution in [3.05, 3.63) is 70.3 Å². The molecule has 6 rings (SSSR count). The van der Waals surface area contributed by atoms with Gasteiger partial charge in [-0.15, -0.1) is 6.58 Å². The van der Waals surface area contributed by atoms with Gasteiger partial charge in [-0.05, 0) is 99.4 Å². The number of rotatable bonds is 3. The minimum Gasteiger partial charge on any atom is -0.504 e. The molecule has 2 bridgehead atoms. The quantitative estimate of drug-likeness (QED) is 0.505. The zero-order valence-electron chi connectivity index (χ0n) is 22.3. The molecular weight excluding hydrogens is 460 g/mol. The molecule has 5 atom stereocenters. The number of hydrogen-bond acceptors (Lipinski definition) is 4. The molecule has 0 aromatic heterocycles. The number of phenols is 1. The van der Waals surface area contributed by atoms with E-state index in [4.69, 9.17) is 4.74 Å². The molecule has 2 aromatic rings. The Bertz CT molecular complexity index is 1370. The van der Waals surface area contributed by atoms with Crippen molar-refractivity contribution in [2.75, 3.05) is 20.1 Å². The molecule has 2 fully saturated rings. The Morgan fingerprint density at radius 1 is 1.24 bits per heavy atom. The largest absolute Gasteiger partial charge is 0.504 e. The highest BCUT2D eigenvalue weighted by Gasteiger charge is 2.66. The van der Waals surface area contributed by atoms with Crippen LogP contribution < -0.4 is 4.74 Å². The fraction of sp³-hybridized carbons (Fsp3) is 0.469. The lowest BCUT2D eigenvalue weighted by Crippen LogP contribution is -2.68. The van der Waals surface area contributed by atoms with E-state index >= 15 is 0 Å². The number of likely N-dealkylation sites (tertiary alicyclic amines) is 1. The number of hydrogen-bond donors (Lipinski definition) is 1. The smallest absolute Gasteiger partial charge is 0.298 e. The molecule has 1 N–H and O–H groups in total. The van der Waals surface area contributed by atoms with Gasteiger partial charge < -0.3 is 14.7 Å². The topological polar surface area (TPSA) is 53.0 Å². The molecule has 0 radical (unpaired) electrons. The first-order valence-corrected chi connectivity index (χ1v) is 13.5. The van der Waals surface area contributed by atoms with Crippen LogP contribution in [0.5, 0.6) is 11.5 Å². The summed E-state index contributed by atoms with van der Waals surface area (Å²) in [6.45, 7) is 12.1. The highest BCUT2D eigenvalue weighted by molar-refractivity contribution is 5.94. The van der Waals surface area contributed by atoms with Gasteiger partial charge >= 0.3 is 0 Å². The molecule has 4 aliphatic rings. The Morgan fingerprint density at radius 2 is 2.05 bits per heavy atom. The van der Waals surface area contributed by atoms with E-state index < -0.39 is 0 Å². The predicted octanol–water partition coefficient (Wildman–Crippen LogP) is 4.42. The lowest BCUT2D eigenvalue weighted by Gasteiger charge is -2.60. The molecule has 1 spiro atoms. The fourth-order valence-electron chi connectivity index (χ4n) is 7.84. The summed E-state index contributed by atoms with van der Waals surface area (Å²) < 4.78 is 6.70. The summed E-state index contributed by atoms with van der Waals surface area (Å²) in [5.74, 6) is 7.10. The van der Waals surface area contributed by atoms with E-state index in [1.807, 2.05) is 37.4 Å². The summed E-state index contributed by atoms with van der Waals surface area (Å²) >= 11 is 0. The SMILES string of the molecule is C=CCN1CC[C@]23c4c5c(C)cc(O)c4O[C@H]2[C@@H](N(C)C(=O)C#Cc2ccc(C)c(C)c2)CC[C@H]3[C@H]1C5. The maximum absolute atomic E-state index is 13.3. The Hall–Kier alpha value is -3.23. The van der Waals surface area contributed by atoms with E-state index in [-0.39, 0.29) is 29.2 Å². The maximum Gasteiger partial charge on any atom is 0.298 e. The number of nitrogens with zero attached hydrogens (tertiary/aromatic N) is 2. The van der Waals surface area contributed by atoms with Gasteiger partial charge in [0.05, 0.1) is 6.04 Å². The van der Waals surface area contributed by atoms with Crippen molar-refractivity contribution in [2.45, 2.75) is 70.1 Å².